The molecule has 1 aliphatic heterocycles. The van der Waals surface area contributed by atoms with Crippen LogP contribution in [0.2, 0.25) is 0 Å². The van der Waals surface area contributed by atoms with E-state index in [1.807, 2.05) is 6.07 Å². The number of hydrogen-bond acceptors (Lipinski definition) is 7. The van der Waals surface area contributed by atoms with Gasteiger partial charge in [-0.15, -0.1) is 0 Å². The number of carbonyl (C=O) groups excluding carboxylic acids is 2. The van der Waals surface area contributed by atoms with Crippen molar-refractivity contribution in [1.29, 1.82) is 0 Å². The van der Waals surface area contributed by atoms with Crippen molar-refractivity contribution in [2.75, 3.05) is 27.4 Å². The second kappa shape index (κ2) is 9.64. The van der Waals surface area contributed by atoms with Crippen LogP contribution in [0.4, 0.5) is 0 Å². The van der Waals surface area contributed by atoms with Crippen molar-refractivity contribution in [3.63, 3.8) is 0 Å². The first-order valence-electron chi connectivity index (χ1n) is 9.23. The minimum atomic E-state index is -0.832. The zero-order valence-corrected chi connectivity index (χ0v) is 16.9. The molecule has 9 heteroatoms. The van der Waals surface area contributed by atoms with Gasteiger partial charge in [0.25, 0.3) is 11.8 Å². The highest BCUT2D eigenvalue weighted by atomic mass is 16.6. The Bertz CT molecular complexity index is 960. The van der Waals surface area contributed by atoms with Crippen LogP contribution in [0.25, 0.3) is 0 Å². The summed E-state index contributed by atoms with van der Waals surface area (Å²) in [4.78, 5) is 24.3. The number of carbonyl (C=O) groups is 2. The van der Waals surface area contributed by atoms with Crippen LogP contribution in [0, 0.1) is 0 Å². The van der Waals surface area contributed by atoms with E-state index in [0.29, 0.717) is 34.3 Å². The summed E-state index contributed by atoms with van der Waals surface area (Å²) in [5, 5.41) is 6.59. The lowest BCUT2D eigenvalue weighted by molar-refractivity contribution is -0.132. The van der Waals surface area contributed by atoms with E-state index in [2.05, 4.69) is 15.8 Å². The van der Waals surface area contributed by atoms with E-state index in [9.17, 15) is 9.59 Å². The lowest BCUT2D eigenvalue weighted by atomic mass is 10.1. The molecule has 0 aromatic heterocycles. The molecule has 30 heavy (non-hydrogen) atoms. The summed E-state index contributed by atoms with van der Waals surface area (Å²) in [6.45, 7) is 1.55. The fourth-order valence-corrected chi connectivity index (χ4v) is 2.77. The highest BCUT2D eigenvalue weighted by molar-refractivity contribution is 6.02. The molecule has 1 atom stereocenters. The number of rotatable bonds is 7. The van der Waals surface area contributed by atoms with Gasteiger partial charge in [0.15, 0.2) is 11.5 Å². The highest BCUT2D eigenvalue weighted by Gasteiger charge is 2.27. The van der Waals surface area contributed by atoms with Gasteiger partial charge in [0.1, 0.15) is 18.1 Å². The Hall–Kier alpha value is -3.75. The molecule has 3 rings (SSSR count). The molecule has 2 aromatic rings. The molecule has 0 aliphatic carbocycles. The van der Waals surface area contributed by atoms with Gasteiger partial charge in [0, 0.05) is 11.6 Å². The number of nitrogens with zero attached hydrogens (tertiary/aromatic N) is 1. The van der Waals surface area contributed by atoms with E-state index >= 15 is 0 Å². The molecule has 0 bridgehead atoms. The molecular weight excluding hydrogens is 390 g/mol. The Labute approximate surface area is 174 Å². The van der Waals surface area contributed by atoms with E-state index in [0.717, 1.165) is 0 Å². The third-order valence-electron chi connectivity index (χ3n) is 4.37. The van der Waals surface area contributed by atoms with Crippen molar-refractivity contribution in [2.24, 2.45) is 5.10 Å². The minimum Gasteiger partial charge on any atom is -0.497 e. The number of methoxy groups -OCH3 is 2. The summed E-state index contributed by atoms with van der Waals surface area (Å²) in [5.74, 6) is 1.35. The highest BCUT2D eigenvalue weighted by Crippen LogP contribution is 2.30. The Kier molecular flexibility index (Phi) is 6.74. The smallest absolute Gasteiger partial charge is 0.265 e. The SMILES string of the molecule is COc1ccc(/C(C)=N\NC(=O)CNC(=O)[C@@H]2COc3ccccc3O2)c(OC)c1. The van der Waals surface area contributed by atoms with Crippen molar-refractivity contribution in [2.45, 2.75) is 13.0 Å². The molecule has 2 N–H and O–H groups in total. The fraction of sp³-hybridized carbons (Fsp3) is 0.286. The number of hydrogen-bond donors (Lipinski definition) is 2. The number of hydrazone groups is 1. The van der Waals surface area contributed by atoms with Gasteiger partial charge in [-0.1, -0.05) is 12.1 Å². The summed E-state index contributed by atoms with van der Waals surface area (Å²) in [7, 11) is 3.10. The maximum atomic E-state index is 12.3. The Morgan fingerprint density at radius 1 is 1.13 bits per heavy atom. The van der Waals surface area contributed by atoms with Gasteiger partial charge >= 0.3 is 0 Å². The van der Waals surface area contributed by atoms with Crippen LogP contribution in [-0.2, 0) is 9.59 Å². The molecule has 1 aliphatic rings. The van der Waals surface area contributed by atoms with Crippen LogP contribution in [0.5, 0.6) is 23.0 Å². The summed E-state index contributed by atoms with van der Waals surface area (Å²) >= 11 is 0. The lowest BCUT2D eigenvalue weighted by Crippen LogP contribution is -2.46. The third kappa shape index (κ3) is 4.99. The van der Waals surface area contributed by atoms with E-state index in [4.69, 9.17) is 18.9 Å². The van der Waals surface area contributed by atoms with Gasteiger partial charge in [-0.3, -0.25) is 9.59 Å². The number of fused-ring (bicyclic) bond motifs is 1. The first-order valence-corrected chi connectivity index (χ1v) is 9.23. The maximum absolute atomic E-state index is 12.3. The predicted molar refractivity (Wildman–Crippen MR) is 109 cm³/mol. The molecule has 0 spiro atoms. The summed E-state index contributed by atoms with van der Waals surface area (Å²) in [5.41, 5.74) is 3.65. The van der Waals surface area contributed by atoms with Crippen LogP contribution < -0.4 is 29.7 Å². The normalized spacial score (nSPS) is 15.2. The second-order valence-corrected chi connectivity index (χ2v) is 6.38. The molecular formula is C21H23N3O6. The molecule has 0 unspecified atom stereocenters. The van der Waals surface area contributed by atoms with Gasteiger partial charge in [-0.25, -0.2) is 5.43 Å². The third-order valence-corrected chi connectivity index (χ3v) is 4.37. The lowest BCUT2D eigenvalue weighted by Gasteiger charge is -2.25. The molecule has 2 aromatic carbocycles. The van der Waals surface area contributed by atoms with E-state index < -0.39 is 17.9 Å². The van der Waals surface area contributed by atoms with Crippen LogP contribution >= 0.6 is 0 Å². The first kappa shape index (κ1) is 21.0. The average Bonchev–Trinajstić information content (AvgIpc) is 2.80. The zero-order valence-electron chi connectivity index (χ0n) is 16.9. The van der Waals surface area contributed by atoms with Crippen LogP contribution in [-0.4, -0.2) is 51.0 Å². The summed E-state index contributed by atoms with van der Waals surface area (Å²) < 4.78 is 21.6. The Morgan fingerprint density at radius 3 is 2.63 bits per heavy atom. The van der Waals surface area contributed by atoms with Crippen molar-refractivity contribution in [3.05, 3.63) is 48.0 Å². The second-order valence-electron chi connectivity index (χ2n) is 6.38. The average molecular weight is 413 g/mol. The quantitative estimate of drug-likeness (QED) is 0.526. The maximum Gasteiger partial charge on any atom is 0.265 e. The topological polar surface area (TPSA) is 107 Å². The number of amides is 2. The predicted octanol–water partition coefficient (Wildman–Crippen LogP) is 1.50. The van der Waals surface area contributed by atoms with Crippen molar-refractivity contribution in [1.82, 2.24) is 10.7 Å². The molecule has 9 nitrogen and oxygen atoms in total. The molecule has 0 fully saturated rings. The summed E-state index contributed by atoms with van der Waals surface area (Å²) in [6.07, 6.45) is -0.832. The van der Waals surface area contributed by atoms with Gasteiger partial charge in [-0.2, -0.15) is 5.10 Å². The molecule has 158 valence electrons. The van der Waals surface area contributed by atoms with Crippen LogP contribution in [0.15, 0.2) is 47.6 Å². The zero-order chi connectivity index (χ0) is 21.5. The monoisotopic (exact) mass is 413 g/mol. The standard InChI is InChI=1S/C21H23N3O6/c1-13(15-9-8-14(27-2)10-18(15)28-3)23-24-20(25)11-22-21(26)19-12-29-16-6-4-5-7-17(16)30-19/h4-10,19H,11-12H2,1-3H3,(H,22,26)(H,24,25)/b23-13-/t19-/m0/s1. The van der Waals surface area contributed by atoms with E-state index in [1.54, 1.807) is 50.4 Å². The Morgan fingerprint density at radius 2 is 1.90 bits per heavy atom. The minimum absolute atomic E-state index is 0.0684. The van der Waals surface area contributed by atoms with Crippen LogP contribution in [0.1, 0.15) is 12.5 Å². The largest absolute Gasteiger partial charge is 0.497 e. The fourth-order valence-electron chi connectivity index (χ4n) is 2.77. The molecule has 2 amide bonds. The van der Waals surface area contributed by atoms with Crippen molar-refractivity contribution >= 4 is 17.5 Å². The van der Waals surface area contributed by atoms with Gasteiger partial charge in [0.2, 0.25) is 6.10 Å². The van der Waals surface area contributed by atoms with Crippen molar-refractivity contribution < 1.29 is 28.5 Å². The van der Waals surface area contributed by atoms with Gasteiger partial charge < -0.3 is 24.3 Å². The summed E-state index contributed by atoms with van der Waals surface area (Å²) in [6, 6.07) is 12.3. The van der Waals surface area contributed by atoms with Crippen LogP contribution in [0.3, 0.4) is 0 Å². The first-order chi connectivity index (χ1) is 14.5. The van der Waals surface area contributed by atoms with Gasteiger partial charge in [-0.05, 0) is 31.2 Å². The number of nitrogens with one attached hydrogen (secondary N) is 2. The number of para-hydroxylation sites is 2. The molecule has 0 radical (unpaired) electrons. The van der Waals surface area contributed by atoms with E-state index in [1.165, 1.54) is 7.11 Å². The van der Waals surface area contributed by atoms with Crippen molar-refractivity contribution in [3.8, 4) is 23.0 Å². The number of benzene rings is 2. The number of ether oxygens (including phenoxy) is 4. The van der Waals surface area contributed by atoms with Gasteiger partial charge in [0.05, 0.1) is 26.5 Å². The molecule has 1 heterocycles. The van der Waals surface area contributed by atoms with E-state index in [-0.39, 0.29) is 13.2 Å². The molecule has 0 saturated carbocycles. The Balaban J connectivity index is 1.52. The molecule has 0 saturated heterocycles.